The summed E-state index contributed by atoms with van der Waals surface area (Å²) in [6.45, 7) is 9.77. The molecule has 162 valence electrons. The highest BCUT2D eigenvalue weighted by Crippen LogP contribution is 2.37. The number of pyridine rings is 1. The fraction of sp³-hybridized carbons (Fsp3) is 0.120. The molecule has 4 rings (SSSR count). The summed E-state index contributed by atoms with van der Waals surface area (Å²) < 4.78 is 15.9. The van der Waals surface area contributed by atoms with Gasteiger partial charge in [-0.05, 0) is 37.1 Å². The number of aromatic nitrogens is 2. The fourth-order valence-corrected chi connectivity index (χ4v) is 3.67. The number of rotatable bonds is 5. The molecule has 4 aromatic rings. The Kier molecular flexibility index (Phi) is 5.75. The number of aryl methyl sites for hydroxylation is 2. The number of nitrogens with zero attached hydrogens (tertiary/aromatic N) is 3. The lowest BCUT2D eigenvalue weighted by Crippen LogP contribution is -2.06. The van der Waals surface area contributed by atoms with Crippen molar-refractivity contribution in [3.63, 3.8) is 0 Å². The van der Waals surface area contributed by atoms with Crippen molar-refractivity contribution < 1.29 is 9.23 Å². The van der Waals surface area contributed by atoms with E-state index < -0.39 is 0 Å². The number of aliphatic imine (C=N–C) groups is 1. The van der Waals surface area contributed by atoms with Crippen LogP contribution in [0.25, 0.3) is 22.6 Å². The van der Waals surface area contributed by atoms with Crippen molar-refractivity contribution in [2.24, 2.45) is 10.9 Å². The molecule has 2 aromatic carbocycles. The molecule has 7 heteroatoms. The molecule has 0 fully saturated rings. The van der Waals surface area contributed by atoms with Crippen molar-refractivity contribution in [2.75, 3.05) is 5.32 Å². The first-order chi connectivity index (χ1) is 15.4. The molecule has 0 aliphatic carbocycles. The quantitative estimate of drug-likeness (QED) is 0.239. The van der Waals surface area contributed by atoms with Gasteiger partial charge in [0.2, 0.25) is 5.90 Å². The maximum atomic E-state index is 14.2. The monoisotopic (exact) mass is 429 g/mol. The second-order valence-corrected chi connectivity index (χ2v) is 7.52. The summed E-state index contributed by atoms with van der Waals surface area (Å²) in [5.74, 6) is 5.79. The number of imidazole rings is 1. The molecular formula is C25H24FN5O. The fourth-order valence-electron chi connectivity index (χ4n) is 3.67. The third-order valence-electron chi connectivity index (χ3n) is 5.26. The number of halogens is 1. The molecule has 0 bridgehead atoms. The Morgan fingerprint density at radius 1 is 1.09 bits per heavy atom. The van der Waals surface area contributed by atoms with Gasteiger partial charge in [-0.15, -0.1) is 0 Å². The summed E-state index contributed by atoms with van der Waals surface area (Å²) in [6, 6.07) is 16.7. The Morgan fingerprint density at radius 2 is 1.81 bits per heavy atom. The molecule has 2 heterocycles. The molecule has 0 unspecified atom stereocenters. The Morgan fingerprint density at radius 3 is 2.53 bits per heavy atom. The van der Waals surface area contributed by atoms with Crippen LogP contribution in [-0.2, 0) is 4.84 Å². The Balaban J connectivity index is 1.95. The lowest BCUT2D eigenvalue weighted by atomic mass is 10.0. The highest BCUT2D eigenvalue weighted by Gasteiger charge is 2.19. The minimum atomic E-state index is -0.357. The van der Waals surface area contributed by atoms with Gasteiger partial charge in [0, 0.05) is 29.9 Å². The van der Waals surface area contributed by atoms with E-state index in [1.807, 2.05) is 56.3 Å². The highest BCUT2D eigenvalue weighted by molar-refractivity contribution is 5.90. The predicted molar refractivity (Wildman–Crippen MR) is 127 cm³/mol. The normalized spacial score (nSPS) is 11.6. The molecule has 32 heavy (non-hydrogen) atoms. The largest absolute Gasteiger partial charge is 0.396 e. The zero-order valence-corrected chi connectivity index (χ0v) is 18.2. The van der Waals surface area contributed by atoms with Crippen LogP contribution in [0.2, 0.25) is 0 Å². The summed E-state index contributed by atoms with van der Waals surface area (Å²) in [5.41, 5.74) is 6.38. The van der Waals surface area contributed by atoms with Gasteiger partial charge in [-0.1, -0.05) is 49.0 Å². The van der Waals surface area contributed by atoms with Crippen molar-refractivity contribution >= 4 is 28.7 Å². The minimum Gasteiger partial charge on any atom is -0.396 e. The number of hydrogen-bond donors (Lipinski definition) is 2. The molecule has 0 saturated heterocycles. The molecule has 0 atom stereocenters. The number of benzene rings is 2. The van der Waals surface area contributed by atoms with Crippen LogP contribution in [0, 0.1) is 19.7 Å². The van der Waals surface area contributed by atoms with Gasteiger partial charge in [0.05, 0.1) is 5.70 Å². The SMILES string of the molecule is C=C(/N=C(/C)ON)c1ccccc1-c1nc2ccc(F)cn2c1Nc1c(C)cccc1C. The van der Waals surface area contributed by atoms with Crippen molar-refractivity contribution in [1.82, 2.24) is 9.38 Å². The average Bonchev–Trinajstić information content (AvgIpc) is 3.13. The van der Waals surface area contributed by atoms with Crippen LogP contribution in [-0.4, -0.2) is 15.3 Å². The van der Waals surface area contributed by atoms with E-state index in [1.54, 1.807) is 17.4 Å². The number of anilines is 2. The number of nitrogens with one attached hydrogen (secondary N) is 1. The maximum Gasteiger partial charge on any atom is 0.210 e. The molecule has 0 spiro atoms. The van der Waals surface area contributed by atoms with Crippen molar-refractivity contribution in [2.45, 2.75) is 20.8 Å². The standard InChI is InChI=1S/C25H24FN5O/c1-15-8-7-9-16(2)23(15)30-25-24(29-22-13-12-19(26)14-31(22)25)21-11-6-5-10-20(21)17(3)28-18(4)32-27/h5-14,30H,3,27H2,1-2,4H3/b28-18-. The van der Waals surface area contributed by atoms with Crippen molar-refractivity contribution in [3.05, 3.63) is 89.9 Å². The Labute approximate surface area is 185 Å². The van der Waals surface area contributed by atoms with Crippen LogP contribution >= 0.6 is 0 Å². The lowest BCUT2D eigenvalue weighted by Gasteiger charge is -2.15. The zero-order chi connectivity index (χ0) is 22.8. The van der Waals surface area contributed by atoms with E-state index in [0.717, 1.165) is 27.9 Å². The Bertz CT molecular complexity index is 1340. The van der Waals surface area contributed by atoms with E-state index in [4.69, 9.17) is 15.7 Å². The summed E-state index contributed by atoms with van der Waals surface area (Å²) in [6.07, 6.45) is 1.42. The van der Waals surface area contributed by atoms with E-state index in [9.17, 15) is 4.39 Å². The molecule has 0 amide bonds. The first-order valence-electron chi connectivity index (χ1n) is 10.1. The van der Waals surface area contributed by atoms with Crippen LogP contribution in [0.15, 0.2) is 72.4 Å². The van der Waals surface area contributed by atoms with Gasteiger partial charge in [-0.2, -0.15) is 5.90 Å². The van der Waals surface area contributed by atoms with E-state index in [0.29, 0.717) is 22.9 Å². The summed E-state index contributed by atoms with van der Waals surface area (Å²) in [4.78, 5) is 13.8. The maximum absolute atomic E-state index is 14.2. The van der Waals surface area contributed by atoms with Crippen LogP contribution in [0.5, 0.6) is 0 Å². The number of para-hydroxylation sites is 1. The van der Waals surface area contributed by atoms with Crippen molar-refractivity contribution in [1.29, 1.82) is 0 Å². The molecule has 3 N–H and O–H groups in total. The molecular weight excluding hydrogens is 405 g/mol. The molecule has 0 aliphatic rings. The molecule has 6 nitrogen and oxygen atoms in total. The van der Waals surface area contributed by atoms with E-state index >= 15 is 0 Å². The molecule has 0 aliphatic heterocycles. The van der Waals surface area contributed by atoms with Gasteiger partial charge in [0.1, 0.15) is 23.0 Å². The van der Waals surface area contributed by atoms with E-state index in [2.05, 4.69) is 16.9 Å². The first kappa shape index (κ1) is 21.3. The van der Waals surface area contributed by atoms with Crippen LogP contribution in [0.1, 0.15) is 23.6 Å². The van der Waals surface area contributed by atoms with Crippen LogP contribution in [0.3, 0.4) is 0 Å². The third-order valence-corrected chi connectivity index (χ3v) is 5.26. The average molecular weight is 429 g/mol. The smallest absolute Gasteiger partial charge is 0.210 e. The minimum absolute atomic E-state index is 0.288. The van der Waals surface area contributed by atoms with Gasteiger partial charge in [-0.3, -0.25) is 4.40 Å². The number of nitrogens with two attached hydrogens (primary N) is 1. The molecule has 0 saturated carbocycles. The molecule has 0 radical (unpaired) electrons. The van der Waals surface area contributed by atoms with Gasteiger partial charge in [-0.25, -0.2) is 14.4 Å². The lowest BCUT2D eigenvalue weighted by molar-refractivity contribution is 0.318. The van der Waals surface area contributed by atoms with Gasteiger partial charge in [0.15, 0.2) is 0 Å². The number of hydrogen-bond acceptors (Lipinski definition) is 5. The Hall–Kier alpha value is -3.97. The second kappa shape index (κ2) is 8.64. The van der Waals surface area contributed by atoms with Crippen LogP contribution in [0.4, 0.5) is 15.9 Å². The zero-order valence-electron chi connectivity index (χ0n) is 18.2. The van der Waals surface area contributed by atoms with E-state index in [1.165, 1.54) is 12.3 Å². The highest BCUT2D eigenvalue weighted by atomic mass is 19.1. The predicted octanol–water partition coefficient (Wildman–Crippen LogP) is 5.78. The second-order valence-electron chi connectivity index (χ2n) is 7.52. The topological polar surface area (TPSA) is 76.9 Å². The molecule has 2 aromatic heterocycles. The summed E-state index contributed by atoms with van der Waals surface area (Å²) in [5, 5.41) is 3.50. The van der Waals surface area contributed by atoms with E-state index in [-0.39, 0.29) is 11.7 Å². The number of fused-ring (bicyclic) bond motifs is 1. The third kappa shape index (κ3) is 3.98. The summed E-state index contributed by atoms with van der Waals surface area (Å²) >= 11 is 0. The van der Waals surface area contributed by atoms with Crippen molar-refractivity contribution in [3.8, 4) is 11.3 Å². The van der Waals surface area contributed by atoms with Crippen LogP contribution < -0.4 is 11.2 Å². The van der Waals surface area contributed by atoms with Gasteiger partial charge < -0.3 is 10.2 Å². The van der Waals surface area contributed by atoms with Gasteiger partial charge in [0.25, 0.3) is 0 Å². The summed E-state index contributed by atoms with van der Waals surface area (Å²) in [7, 11) is 0. The van der Waals surface area contributed by atoms with Gasteiger partial charge >= 0.3 is 0 Å². The first-order valence-corrected chi connectivity index (χ1v) is 10.1.